The minimum absolute atomic E-state index is 0.646. The van der Waals surface area contributed by atoms with Crippen LogP contribution in [0.3, 0.4) is 0 Å². The Bertz CT molecular complexity index is 226. The van der Waals surface area contributed by atoms with Gasteiger partial charge in [-0.05, 0) is 24.9 Å². The third kappa shape index (κ3) is 4.97. The molecule has 0 unspecified atom stereocenters. The normalized spacial score (nSPS) is 10.4. The van der Waals surface area contributed by atoms with Crippen molar-refractivity contribution in [2.24, 2.45) is 5.90 Å². The minimum atomic E-state index is 0.646. The smallest absolute Gasteiger partial charge is 0.0679 e. The number of hydrogen-bond donors (Lipinski definition) is 2. The van der Waals surface area contributed by atoms with Crippen LogP contribution in [0.25, 0.3) is 0 Å². The van der Waals surface area contributed by atoms with Crippen LogP contribution in [-0.4, -0.2) is 13.2 Å². The largest absolute Gasteiger partial charge is 0.313 e. The van der Waals surface area contributed by atoms with E-state index < -0.39 is 0 Å². The molecule has 78 valence electrons. The van der Waals surface area contributed by atoms with E-state index in [1.807, 2.05) is 6.07 Å². The van der Waals surface area contributed by atoms with Crippen LogP contribution in [-0.2, 0) is 11.4 Å². The van der Waals surface area contributed by atoms with Gasteiger partial charge in [-0.25, -0.2) is 5.90 Å². The number of unbranched alkanes of at least 4 members (excludes halogenated alkanes) is 1. The first-order valence-electron chi connectivity index (χ1n) is 5.00. The fourth-order valence-corrected chi connectivity index (χ4v) is 1.26. The molecule has 0 spiro atoms. The molecule has 0 aliphatic carbocycles. The summed E-state index contributed by atoms with van der Waals surface area (Å²) in [4.78, 5) is 4.48. The number of benzene rings is 1. The van der Waals surface area contributed by atoms with Crippen LogP contribution in [0.1, 0.15) is 18.4 Å². The summed E-state index contributed by atoms with van der Waals surface area (Å²) in [7, 11) is 0. The highest BCUT2D eigenvalue weighted by Gasteiger charge is 1.90. The van der Waals surface area contributed by atoms with Gasteiger partial charge in [-0.15, -0.1) is 0 Å². The van der Waals surface area contributed by atoms with E-state index in [9.17, 15) is 0 Å². The van der Waals surface area contributed by atoms with E-state index >= 15 is 0 Å². The third-order valence-electron chi connectivity index (χ3n) is 2.04. The Morgan fingerprint density at radius 2 is 1.93 bits per heavy atom. The lowest BCUT2D eigenvalue weighted by Crippen LogP contribution is -2.15. The maximum atomic E-state index is 4.91. The number of nitrogens with two attached hydrogens (primary N) is 1. The predicted molar refractivity (Wildman–Crippen MR) is 57.5 cm³/mol. The second kappa shape index (κ2) is 7.50. The first kappa shape index (κ1) is 11.2. The molecule has 0 aromatic heterocycles. The molecule has 3 heteroatoms. The van der Waals surface area contributed by atoms with Gasteiger partial charge >= 0.3 is 0 Å². The van der Waals surface area contributed by atoms with E-state index in [0.29, 0.717) is 6.61 Å². The number of rotatable bonds is 7. The minimum Gasteiger partial charge on any atom is -0.313 e. The maximum absolute atomic E-state index is 4.91. The molecule has 0 aliphatic heterocycles. The average molecular weight is 194 g/mol. The van der Waals surface area contributed by atoms with E-state index in [-0.39, 0.29) is 0 Å². The molecule has 3 N–H and O–H groups in total. The molecule has 0 aliphatic rings. The van der Waals surface area contributed by atoms with Crippen LogP contribution in [0.15, 0.2) is 30.3 Å². The van der Waals surface area contributed by atoms with Gasteiger partial charge in [-0.1, -0.05) is 30.3 Å². The van der Waals surface area contributed by atoms with Gasteiger partial charge in [-0.2, -0.15) is 0 Å². The standard InChI is InChI=1S/C11H18N2O/c12-14-9-5-4-8-13-10-11-6-2-1-3-7-11/h1-3,6-7,13H,4-5,8-10,12H2. The van der Waals surface area contributed by atoms with E-state index in [1.165, 1.54) is 5.56 Å². The van der Waals surface area contributed by atoms with Crippen molar-refractivity contribution in [3.63, 3.8) is 0 Å². The molecule has 0 radical (unpaired) electrons. The lowest BCUT2D eigenvalue weighted by Gasteiger charge is -2.04. The Morgan fingerprint density at radius 3 is 2.64 bits per heavy atom. The van der Waals surface area contributed by atoms with Gasteiger partial charge in [-0.3, -0.25) is 0 Å². The molecule has 1 rings (SSSR count). The van der Waals surface area contributed by atoms with Gasteiger partial charge < -0.3 is 10.2 Å². The van der Waals surface area contributed by atoms with Crippen LogP contribution < -0.4 is 11.2 Å². The van der Waals surface area contributed by atoms with Crippen molar-refractivity contribution in [2.75, 3.05) is 13.2 Å². The zero-order valence-electron chi connectivity index (χ0n) is 8.41. The molecule has 0 saturated heterocycles. The highest BCUT2D eigenvalue weighted by atomic mass is 16.6. The summed E-state index contributed by atoms with van der Waals surface area (Å²) < 4.78 is 0. The average Bonchev–Trinajstić information content (AvgIpc) is 2.25. The Balaban J connectivity index is 1.99. The number of hydrogen-bond acceptors (Lipinski definition) is 3. The Kier molecular flexibility index (Phi) is 5.99. The summed E-state index contributed by atoms with van der Waals surface area (Å²) in [6, 6.07) is 10.4. The molecule has 3 nitrogen and oxygen atoms in total. The summed E-state index contributed by atoms with van der Waals surface area (Å²) in [6.07, 6.45) is 2.11. The van der Waals surface area contributed by atoms with E-state index in [2.05, 4.69) is 34.4 Å². The van der Waals surface area contributed by atoms with Crippen LogP contribution in [0.2, 0.25) is 0 Å². The summed E-state index contributed by atoms with van der Waals surface area (Å²) in [5, 5.41) is 3.36. The van der Waals surface area contributed by atoms with Gasteiger partial charge in [0, 0.05) is 6.54 Å². The second-order valence-electron chi connectivity index (χ2n) is 3.24. The molecule has 0 bridgehead atoms. The van der Waals surface area contributed by atoms with Crippen molar-refractivity contribution in [1.82, 2.24) is 5.32 Å². The number of nitrogens with one attached hydrogen (secondary N) is 1. The molecule has 0 saturated carbocycles. The van der Waals surface area contributed by atoms with Crippen LogP contribution in [0.5, 0.6) is 0 Å². The monoisotopic (exact) mass is 194 g/mol. The summed E-state index contributed by atoms with van der Waals surface area (Å²) >= 11 is 0. The van der Waals surface area contributed by atoms with Crippen LogP contribution in [0.4, 0.5) is 0 Å². The zero-order chi connectivity index (χ0) is 10.1. The fourth-order valence-electron chi connectivity index (χ4n) is 1.26. The molecule has 1 aromatic carbocycles. The Morgan fingerprint density at radius 1 is 1.14 bits per heavy atom. The van der Waals surface area contributed by atoms with Gasteiger partial charge in [0.25, 0.3) is 0 Å². The third-order valence-corrected chi connectivity index (χ3v) is 2.04. The summed E-state index contributed by atoms with van der Waals surface area (Å²) in [5.74, 6) is 4.91. The van der Waals surface area contributed by atoms with Gasteiger partial charge in [0.1, 0.15) is 0 Å². The SMILES string of the molecule is NOCCCCNCc1ccccc1. The molecule has 14 heavy (non-hydrogen) atoms. The predicted octanol–water partition coefficient (Wildman–Crippen LogP) is 1.45. The van der Waals surface area contributed by atoms with Crippen molar-refractivity contribution in [3.8, 4) is 0 Å². The zero-order valence-corrected chi connectivity index (χ0v) is 8.41. The van der Waals surface area contributed by atoms with Crippen molar-refractivity contribution in [1.29, 1.82) is 0 Å². The van der Waals surface area contributed by atoms with E-state index in [0.717, 1.165) is 25.9 Å². The highest BCUT2D eigenvalue weighted by Crippen LogP contribution is 1.97. The summed E-state index contributed by atoms with van der Waals surface area (Å²) in [6.45, 7) is 2.59. The quantitative estimate of drug-likeness (QED) is 0.510. The van der Waals surface area contributed by atoms with Crippen molar-refractivity contribution in [2.45, 2.75) is 19.4 Å². The van der Waals surface area contributed by atoms with Gasteiger partial charge in [0.15, 0.2) is 0 Å². The van der Waals surface area contributed by atoms with Crippen molar-refractivity contribution in [3.05, 3.63) is 35.9 Å². The topological polar surface area (TPSA) is 47.3 Å². The second-order valence-corrected chi connectivity index (χ2v) is 3.24. The molecule has 0 heterocycles. The van der Waals surface area contributed by atoms with E-state index in [4.69, 9.17) is 5.90 Å². The molecular formula is C11H18N2O. The Labute approximate surface area is 85.2 Å². The highest BCUT2D eigenvalue weighted by molar-refractivity contribution is 5.14. The Hall–Kier alpha value is -0.900. The molecular weight excluding hydrogens is 176 g/mol. The fraction of sp³-hybridized carbons (Fsp3) is 0.455. The molecule has 0 amide bonds. The van der Waals surface area contributed by atoms with Gasteiger partial charge in [0.05, 0.1) is 6.61 Å². The molecule has 0 atom stereocenters. The first-order chi connectivity index (χ1) is 6.93. The van der Waals surface area contributed by atoms with Crippen molar-refractivity contribution < 1.29 is 4.84 Å². The molecule has 0 fully saturated rings. The lowest BCUT2D eigenvalue weighted by atomic mass is 10.2. The maximum Gasteiger partial charge on any atom is 0.0679 e. The first-order valence-corrected chi connectivity index (χ1v) is 5.00. The van der Waals surface area contributed by atoms with Crippen LogP contribution in [0, 0.1) is 0 Å². The molecule has 1 aromatic rings. The van der Waals surface area contributed by atoms with Gasteiger partial charge in [0.2, 0.25) is 0 Å². The van der Waals surface area contributed by atoms with Crippen molar-refractivity contribution >= 4 is 0 Å². The van der Waals surface area contributed by atoms with E-state index in [1.54, 1.807) is 0 Å². The van der Waals surface area contributed by atoms with Crippen LogP contribution >= 0.6 is 0 Å². The lowest BCUT2D eigenvalue weighted by molar-refractivity contribution is 0.134. The summed E-state index contributed by atoms with van der Waals surface area (Å²) in [5.41, 5.74) is 1.32.